The third kappa shape index (κ3) is 4.15. The van der Waals surface area contributed by atoms with Gasteiger partial charge in [0.25, 0.3) is 0 Å². The van der Waals surface area contributed by atoms with Crippen LogP contribution in [0.3, 0.4) is 0 Å². The molecule has 1 aliphatic rings. The van der Waals surface area contributed by atoms with Crippen molar-refractivity contribution in [3.05, 3.63) is 0 Å². The lowest BCUT2D eigenvalue weighted by molar-refractivity contribution is -0.00000763. The summed E-state index contributed by atoms with van der Waals surface area (Å²) in [4.78, 5) is 13.1. The number of hydrogen-bond donors (Lipinski definition) is 0. The molecule has 0 spiro atoms. The molecule has 0 N–H and O–H groups in total. The lowest BCUT2D eigenvalue weighted by Crippen LogP contribution is -3.00. The number of rotatable bonds is 6. The molecule has 0 amide bonds. The van der Waals surface area contributed by atoms with E-state index in [4.69, 9.17) is 14.2 Å². The Hall–Kier alpha value is -1.18. The van der Waals surface area contributed by atoms with Crippen molar-refractivity contribution in [1.82, 2.24) is 19.4 Å². The van der Waals surface area contributed by atoms with Crippen molar-refractivity contribution >= 4 is 5.95 Å². The van der Waals surface area contributed by atoms with E-state index in [0.29, 0.717) is 48.9 Å². The first kappa shape index (κ1) is 17.9. The second-order valence-corrected chi connectivity index (χ2v) is 4.59. The van der Waals surface area contributed by atoms with Crippen LogP contribution in [0.4, 0.5) is 5.95 Å². The fourth-order valence-corrected chi connectivity index (χ4v) is 2.28. The zero-order valence-electron chi connectivity index (χ0n) is 12.8. The predicted octanol–water partition coefficient (Wildman–Crippen LogP) is -1.97. The highest BCUT2D eigenvalue weighted by Crippen LogP contribution is 2.24. The molecule has 8 heteroatoms. The molecule has 1 saturated heterocycles. The zero-order chi connectivity index (χ0) is 14.4. The second-order valence-electron chi connectivity index (χ2n) is 4.59. The molecule has 0 aliphatic carbocycles. The normalized spacial score (nSPS) is 16.9. The summed E-state index contributed by atoms with van der Waals surface area (Å²) in [6.07, 6.45) is 0. The molecule has 7 nitrogen and oxygen atoms in total. The quantitative estimate of drug-likeness (QED) is 0.567. The van der Waals surface area contributed by atoms with E-state index in [1.165, 1.54) is 0 Å². The van der Waals surface area contributed by atoms with Crippen LogP contribution >= 0.6 is 0 Å². The minimum Gasteiger partial charge on any atom is -1.00 e. The maximum Gasteiger partial charge on any atom is 0.338 e. The lowest BCUT2D eigenvalue weighted by atomic mass is 10.3. The molecule has 1 aromatic heterocycles. The molecule has 1 aromatic rings. The average molecular weight is 319 g/mol. The van der Waals surface area contributed by atoms with Crippen molar-refractivity contribution in [2.75, 3.05) is 46.1 Å². The van der Waals surface area contributed by atoms with Crippen molar-refractivity contribution in [3.63, 3.8) is 0 Å². The molecule has 0 unspecified atom stereocenters. The van der Waals surface area contributed by atoms with Gasteiger partial charge in [0.1, 0.15) is 13.1 Å². The molecule has 2 rings (SSSR count). The number of likely N-dealkylation sites (N-methyl/N-ethyl adjacent to an activating group) is 1. The van der Waals surface area contributed by atoms with Gasteiger partial charge in [0.2, 0.25) is 0 Å². The molecule has 0 saturated carbocycles. The fourth-order valence-electron chi connectivity index (χ4n) is 2.28. The second kappa shape index (κ2) is 8.31. The third-order valence-electron chi connectivity index (χ3n) is 3.49. The Balaban J connectivity index is 0.00000220. The van der Waals surface area contributed by atoms with Crippen LogP contribution in [0.2, 0.25) is 0 Å². The number of aromatic nitrogens is 3. The first-order valence-electron chi connectivity index (χ1n) is 7.20. The highest BCUT2D eigenvalue weighted by molar-refractivity contribution is 5.29. The zero-order valence-corrected chi connectivity index (χ0v) is 13.6. The lowest BCUT2D eigenvalue weighted by Gasteiger charge is -2.37. The van der Waals surface area contributed by atoms with Crippen LogP contribution in [0.1, 0.15) is 20.8 Å². The molecule has 0 aromatic carbocycles. The third-order valence-corrected chi connectivity index (χ3v) is 3.49. The van der Waals surface area contributed by atoms with E-state index in [2.05, 4.69) is 21.9 Å². The monoisotopic (exact) mass is 318 g/mol. The number of hydrogen-bond acceptors (Lipinski definition) is 6. The van der Waals surface area contributed by atoms with Crippen molar-refractivity contribution in [1.29, 1.82) is 0 Å². The van der Waals surface area contributed by atoms with E-state index in [9.17, 15) is 0 Å². The van der Waals surface area contributed by atoms with Gasteiger partial charge in [-0.2, -0.15) is 0 Å². The van der Waals surface area contributed by atoms with Crippen LogP contribution < -0.4 is 26.4 Å². The van der Waals surface area contributed by atoms with Crippen molar-refractivity contribution in [3.8, 4) is 12.0 Å². The number of morpholine rings is 1. The largest absolute Gasteiger partial charge is 1.00 e. The van der Waals surface area contributed by atoms with Gasteiger partial charge in [0.05, 0.1) is 33.0 Å². The summed E-state index contributed by atoms with van der Waals surface area (Å²) in [7, 11) is 0. The summed E-state index contributed by atoms with van der Waals surface area (Å²) in [5.74, 6) is 0.706. The summed E-state index contributed by atoms with van der Waals surface area (Å²) in [6, 6.07) is 0.664. The van der Waals surface area contributed by atoms with Crippen LogP contribution in [0.15, 0.2) is 0 Å². The molecule has 0 bridgehead atoms. The minimum absolute atomic E-state index is 0. The van der Waals surface area contributed by atoms with E-state index in [1.807, 2.05) is 13.8 Å². The average Bonchev–Trinajstić information content (AvgIpc) is 2.48. The Labute approximate surface area is 131 Å². The maximum atomic E-state index is 5.45. The molecular weight excluding hydrogens is 296 g/mol. The van der Waals surface area contributed by atoms with Crippen LogP contribution in [0.25, 0.3) is 0 Å². The summed E-state index contributed by atoms with van der Waals surface area (Å²) in [5, 5.41) is 0. The molecule has 0 atom stereocenters. The van der Waals surface area contributed by atoms with Gasteiger partial charge in [-0.05, 0) is 20.8 Å². The van der Waals surface area contributed by atoms with Crippen molar-refractivity contribution < 1.29 is 26.6 Å². The van der Waals surface area contributed by atoms with Crippen molar-refractivity contribution in [2.45, 2.75) is 20.8 Å². The van der Waals surface area contributed by atoms with Crippen LogP contribution in [-0.4, -0.2) is 61.0 Å². The molecule has 120 valence electrons. The van der Waals surface area contributed by atoms with Crippen molar-refractivity contribution in [2.24, 2.45) is 0 Å². The van der Waals surface area contributed by atoms with Gasteiger partial charge in [-0.3, -0.25) is 4.48 Å². The number of nitrogens with zero attached hydrogens (tertiary/aromatic N) is 4. The standard InChI is InChI=1S/C13H23N4O3.ClH/c1-4-17(7-9-18-10-8-17)11-14-12(19-5-2)16-13(15-11)20-6-3;/h4-10H2,1-3H3;1H/q+1;/p-1. The van der Waals surface area contributed by atoms with Gasteiger partial charge >= 0.3 is 18.0 Å². The molecule has 1 fully saturated rings. The van der Waals surface area contributed by atoms with E-state index < -0.39 is 0 Å². The molecule has 1 aliphatic heterocycles. The van der Waals surface area contributed by atoms with Gasteiger partial charge in [0, 0.05) is 0 Å². The Morgan fingerprint density at radius 2 is 1.48 bits per heavy atom. The van der Waals surface area contributed by atoms with E-state index in [-0.39, 0.29) is 12.4 Å². The fraction of sp³-hybridized carbons (Fsp3) is 0.769. The van der Waals surface area contributed by atoms with E-state index in [1.54, 1.807) is 0 Å². The Morgan fingerprint density at radius 3 is 1.90 bits per heavy atom. The molecule has 21 heavy (non-hydrogen) atoms. The topological polar surface area (TPSA) is 66.4 Å². The minimum atomic E-state index is 0. The van der Waals surface area contributed by atoms with Gasteiger partial charge < -0.3 is 26.6 Å². The highest BCUT2D eigenvalue weighted by atomic mass is 35.5. The number of quaternary nitrogens is 1. The first-order valence-corrected chi connectivity index (χ1v) is 7.20. The van der Waals surface area contributed by atoms with E-state index >= 15 is 0 Å². The first-order chi connectivity index (χ1) is 9.74. The highest BCUT2D eigenvalue weighted by Gasteiger charge is 2.35. The van der Waals surface area contributed by atoms with Gasteiger partial charge in [-0.15, -0.1) is 15.0 Å². The van der Waals surface area contributed by atoms with Crippen LogP contribution in [-0.2, 0) is 4.74 Å². The number of halogens is 1. The summed E-state index contributed by atoms with van der Waals surface area (Å²) in [5.41, 5.74) is 0. The van der Waals surface area contributed by atoms with E-state index in [0.717, 1.165) is 19.6 Å². The van der Waals surface area contributed by atoms with Gasteiger partial charge in [0.15, 0.2) is 0 Å². The van der Waals surface area contributed by atoms with Crippen LogP contribution in [0, 0.1) is 0 Å². The molecule has 2 heterocycles. The summed E-state index contributed by atoms with van der Waals surface area (Å²) in [6.45, 7) is 11.0. The van der Waals surface area contributed by atoms with Crippen LogP contribution in [0.5, 0.6) is 12.0 Å². The predicted molar refractivity (Wildman–Crippen MR) is 75.1 cm³/mol. The smallest absolute Gasteiger partial charge is 0.338 e. The Morgan fingerprint density at radius 1 is 0.952 bits per heavy atom. The summed E-state index contributed by atoms with van der Waals surface area (Å²) >= 11 is 0. The molecular formula is C13H23ClN4O3. The maximum absolute atomic E-state index is 5.45. The van der Waals surface area contributed by atoms with Gasteiger partial charge in [-0.1, -0.05) is 0 Å². The SMILES string of the molecule is CCOc1nc(OCC)nc([N+]2(CC)CCOCC2)n1.[Cl-]. The summed E-state index contributed by atoms with van der Waals surface area (Å²) < 4.78 is 17.0. The van der Waals surface area contributed by atoms with Gasteiger partial charge in [-0.25, -0.2) is 0 Å². The Kier molecular flexibility index (Phi) is 7.07. The molecule has 0 radical (unpaired) electrons. The number of ether oxygens (including phenoxy) is 3. The Bertz CT molecular complexity index is 417.